The highest BCUT2D eigenvalue weighted by Gasteiger charge is 2.15. The third-order valence-corrected chi connectivity index (χ3v) is 3.63. The first-order chi connectivity index (χ1) is 9.76. The van der Waals surface area contributed by atoms with Gasteiger partial charge < -0.3 is 14.6 Å². The van der Waals surface area contributed by atoms with Crippen molar-refractivity contribution < 1.29 is 9.53 Å². The van der Waals surface area contributed by atoms with Crippen LogP contribution in [0.3, 0.4) is 0 Å². The molecule has 7 nitrogen and oxygen atoms in total. The second-order valence-electron chi connectivity index (χ2n) is 4.16. The number of carbonyl (C=O) groups is 1. The lowest BCUT2D eigenvalue weighted by Crippen LogP contribution is -2.24. The van der Waals surface area contributed by atoms with E-state index in [4.69, 9.17) is 4.74 Å². The standard InChI is InChI=1S/C12H17N5O2S/c1-3-10-11(20-16-15-10)12(18)14-7-9-6-13-8-17(9)4-5-19-2/h6,8H,3-5,7H2,1-2H3,(H,14,18). The quantitative estimate of drug-likeness (QED) is 0.819. The van der Waals surface area contributed by atoms with E-state index in [1.165, 1.54) is 0 Å². The first kappa shape index (κ1) is 14.6. The topological polar surface area (TPSA) is 81.9 Å². The number of aryl methyl sites for hydroxylation is 1. The van der Waals surface area contributed by atoms with Crippen LogP contribution in [0.2, 0.25) is 0 Å². The van der Waals surface area contributed by atoms with Crippen LogP contribution < -0.4 is 5.32 Å². The predicted octanol–water partition coefficient (Wildman–Crippen LogP) is 0.873. The molecule has 1 N–H and O–H groups in total. The second-order valence-corrected chi connectivity index (χ2v) is 4.91. The fourth-order valence-corrected chi connectivity index (χ4v) is 2.42. The largest absolute Gasteiger partial charge is 0.383 e. The Kier molecular flexibility index (Phi) is 5.19. The summed E-state index contributed by atoms with van der Waals surface area (Å²) in [5.41, 5.74) is 1.67. The molecule has 0 unspecified atom stereocenters. The van der Waals surface area contributed by atoms with Crippen molar-refractivity contribution in [1.29, 1.82) is 0 Å². The number of rotatable bonds is 7. The summed E-state index contributed by atoms with van der Waals surface area (Å²) in [4.78, 5) is 16.7. The highest BCUT2D eigenvalue weighted by Crippen LogP contribution is 2.11. The van der Waals surface area contributed by atoms with Crippen molar-refractivity contribution in [1.82, 2.24) is 24.5 Å². The average Bonchev–Trinajstić information content (AvgIpc) is 3.10. The lowest BCUT2D eigenvalue weighted by Gasteiger charge is -2.08. The number of imidazole rings is 1. The fourth-order valence-electron chi connectivity index (χ4n) is 1.75. The molecule has 2 heterocycles. The van der Waals surface area contributed by atoms with Crippen LogP contribution in [-0.2, 0) is 24.2 Å². The predicted molar refractivity (Wildman–Crippen MR) is 74.6 cm³/mol. The molecule has 0 saturated carbocycles. The second kappa shape index (κ2) is 7.11. The van der Waals surface area contributed by atoms with Crippen molar-refractivity contribution in [3.63, 3.8) is 0 Å². The van der Waals surface area contributed by atoms with Gasteiger partial charge in [0, 0.05) is 19.9 Å². The minimum absolute atomic E-state index is 0.142. The fraction of sp³-hybridized carbons (Fsp3) is 0.500. The zero-order chi connectivity index (χ0) is 14.4. The van der Waals surface area contributed by atoms with Crippen LogP contribution in [0.15, 0.2) is 12.5 Å². The molecule has 0 aliphatic rings. The molecular weight excluding hydrogens is 278 g/mol. The van der Waals surface area contributed by atoms with Crippen LogP contribution in [0.5, 0.6) is 0 Å². The number of ether oxygens (including phenoxy) is 1. The smallest absolute Gasteiger partial charge is 0.265 e. The van der Waals surface area contributed by atoms with Gasteiger partial charge in [-0.1, -0.05) is 11.4 Å². The van der Waals surface area contributed by atoms with E-state index in [0.29, 0.717) is 31.0 Å². The molecule has 1 amide bonds. The Balaban J connectivity index is 1.95. The molecule has 0 saturated heterocycles. The van der Waals surface area contributed by atoms with Crippen LogP contribution in [0.1, 0.15) is 28.0 Å². The van der Waals surface area contributed by atoms with Gasteiger partial charge in [-0.25, -0.2) is 4.98 Å². The number of methoxy groups -OCH3 is 1. The summed E-state index contributed by atoms with van der Waals surface area (Å²) in [7, 11) is 1.65. The van der Waals surface area contributed by atoms with Crippen molar-refractivity contribution in [2.75, 3.05) is 13.7 Å². The van der Waals surface area contributed by atoms with Gasteiger partial charge in [-0.15, -0.1) is 5.10 Å². The van der Waals surface area contributed by atoms with Gasteiger partial charge in [0.15, 0.2) is 0 Å². The van der Waals surface area contributed by atoms with E-state index in [2.05, 4.69) is 19.9 Å². The Hall–Kier alpha value is -1.80. The Morgan fingerprint density at radius 2 is 2.40 bits per heavy atom. The van der Waals surface area contributed by atoms with E-state index in [0.717, 1.165) is 22.9 Å². The van der Waals surface area contributed by atoms with Crippen molar-refractivity contribution in [3.05, 3.63) is 28.8 Å². The maximum Gasteiger partial charge on any atom is 0.265 e. The zero-order valence-electron chi connectivity index (χ0n) is 11.5. The molecule has 0 aromatic carbocycles. The van der Waals surface area contributed by atoms with E-state index in [1.807, 2.05) is 11.5 Å². The minimum Gasteiger partial charge on any atom is -0.383 e. The summed E-state index contributed by atoms with van der Waals surface area (Å²) in [6.07, 6.45) is 4.17. The maximum atomic E-state index is 12.1. The lowest BCUT2D eigenvalue weighted by atomic mass is 10.3. The monoisotopic (exact) mass is 295 g/mol. The summed E-state index contributed by atoms with van der Waals surface area (Å²) in [5, 5.41) is 6.80. The molecule has 0 aliphatic heterocycles. The van der Waals surface area contributed by atoms with E-state index in [1.54, 1.807) is 19.6 Å². The molecule has 0 radical (unpaired) electrons. The molecule has 0 spiro atoms. The minimum atomic E-state index is -0.142. The molecule has 0 fully saturated rings. The molecule has 0 bridgehead atoms. The summed E-state index contributed by atoms with van der Waals surface area (Å²) in [6, 6.07) is 0. The van der Waals surface area contributed by atoms with Crippen molar-refractivity contribution in [3.8, 4) is 0 Å². The van der Waals surface area contributed by atoms with Gasteiger partial charge in [0.25, 0.3) is 5.91 Å². The molecule has 0 atom stereocenters. The summed E-state index contributed by atoms with van der Waals surface area (Å²) >= 11 is 1.12. The van der Waals surface area contributed by atoms with Gasteiger partial charge in [-0.2, -0.15) is 0 Å². The Morgan fingerprint density at radius 3 is 3.15 bits per heavy atom. The Morgan fingerprint density at radius 1 is 1.55 bits per heavy atom. The zero-order valence-corrected chi connectivity index (χ0v) is 12.3. The SMILES string of the molecule is CCc1nnsc1C(=O)NCc1cncn1CCOC. The van der Waals surface area contributed by atoms with E-state index >= 15 is 0 Å². The van der Waals surface area contributed by atoms with Crippen molar-refractivity contribution in [2.24, 2.45) is 0 Å². The number of hydrogen-bond acceptors (Lipinski definition) is 6. The number of nitrogens with one attached hydrogen (secondary N) is 1. The number of nitrogens with zero attached hydrogens (tertiary/aromatic N) is 4. The Bertz CT molecular complexity index is 566. The van der Waals surface area contributed by atoms with Crippen LogP contribution in [0.4, 0.5) is 0 Å². The first-order valence-electron chi connectivity index (χ1n) is 6.33. The van der Waals surface area contributed by atoms with Gasteiger partial charge in [-0.3, -0.25) is 4.79 Å². The lowest BCUT2D eigenvalue weighted by molar-refractivity contribution is 0.0953. The van der Waals surface area contributed by atoms with Crippen molar-refractivity contribution >= 4 is 17.4 Å². The number of carbonyl (C=O) groups excluding carboxylic acids is 1. The summed E-state index contributed by atoms with van der Waals surface area (Å²) in [6.45, 7) is 3.69. The van der Waals surface area contributed by atoms with Gasteiger partial charge in [0.1, 0.15) is 4.88 Å². The highest BCUT2D eigenvalue weighted by molar-refractivity contribution is 7.08. The molecule has 20 heavy (non-hydrogen) atoms. The third kappa shape index (κ3) is 3.40. The maximum absolute atomic E-state index is 12.1. The number of hydrogen-bond donors (Lipinski definition) is 1. The average molecular weight is 295 g/mol. The molecule has 2 aromatic rings. The van der Waals surface area contributed by atoms with Gasteiger partial charge in [-0.05, 0) is 18.0 Å². The summed E-state index contributed by atoms with van der Waals surface area (Å²) in [5.74, 6) is -0.142. The van der Waals surface area contributed by atoms with Crippen LogP contribution >= 0.6 is 11.5 Å². The number of amides is 1. The van der Waals surface area contributed by atoms with E-state index in [-0.39, 0.29) is 5.91 Å². The molecule has 8 heteroatoms. The van der Waals surface area contributed by atoms with Gasteiger partial charge in [0.2, 0.25) is 0 Å². The van der Waals surface area contributed by atoms with E-state index < -0.39 is 0 Å². The van der Waals surface area contributed by atoms with Gasteiger partial charge in [0.05, 0.1) is 30.9 Å². The molecular formula is C12H17N5O2S. The van der Waals surface area contributed by atoms with Gasteiger partial charge >= 0.3 is 0 Å². The number of aromatic nitrogens is 4. The molecule has 108 valence electrons. The van der Waals surface area contributed by atoms with Crippen LogP contribution in [0, 0.1) is 0 Å². The molecule has 0 aliphatic carbocycles. The third-order valence-electron chi connectivity index (χ3n) is 2.86. The molecule has 2 rings (SSSR count). The first-order valence-corrected chi connectivity index (χ1v) is 7.11. The van der Waals surface area contributed by atoms with E-state index in [9.17, 15) is 4.79 Å². The molecule has 2 aromatic heterocycles. The van der Waals surface area contributed by atoms with Crippen LogP contribution in [0.25, 0.3) is 0 Å². The highest BCUT2D eigenvalue weighted by atomic mass is 32.1. The summed E-state index contributed by atoms with van der Waals surface area (Å²) < 4.78 is 10.8. The normalized spacial score (nSPS) is 10.7. The Labute approximate surface area is 121 Å². The van der Waals surface area contributed by atoms with Crippen LogP contribution in [-0.4, -0.2) is 38.8 Å². The van der Waals surface area contributed by atoms with Crippen molar-refractivity contribution in [2.45, 2.75) is 26.4 Å².